The molecular weight excluding hydrogens is 998 g/mol. The van der Waals surface area contributed by atoms with Gasteiger partial charge < -0.3 is 18.6 Å². The number of nitrogens with zero attached hydrogens (tertiary/aromatic N) is 6. The van der Waals surface area contributed by atoms with Gasteiger partial charge in [0.05, 0.1) is 28.7 Å². The van der Waals surface area contributed by atoms with Crippen molar-refractivity contribution in [2.24, 2.45) is 14.1 Å². The number of rotatable bonds is 12. The van der Waals surface area contributed by atoms with Crippen LogP contribution in [-0.4, -0.2) is 70.9 Å². The first-order valence-electron chi connectivity index (χ1n) is 19.6. The van der Waals surface area contributed by atoms with E-state index in [0.717, 1.165) is 16.7 Å². The molecule has 6 rings (SSSR count). The summed E-state index contributed by atoms with van der Waals surface area (Å²) in [6.07, 6.45) is 4.43. The van der Waals surface area contributed by atoms with Crippen molar-refractivity contribution in [3.05, 3.63) is 134 Å². The van der Waals surface area contributed by atoms with Crippen LogP contribution in [0.15, 0.2) is 84.6 Å². The number of fused-ring (bicyclic) bond motifs is 2. The third-order valence-electron chi connectivity index (χ3n) is 9.04. The van der Waals surface area contributed by atoms with Crippen molar-refractivity contribution < 1.29 is 19.1 Å². The molecule has 4 aromatic heterocycles. The zero-order valence-corrected chi connectivity index (χ0v) is 42.0. The maximum absolute atomic E-state index is 13.1. The number of esters is 2. The van der Waals surface area contributed by atoms with Crippen molar-refractivity contribution in [2.75, 3.05) is 13.2 Å². The summed E-state index contributed by atoms with van der Waals surface area (Å²) in [6.45, 7) is 6.12. The van der Waals surface area contributed by atoms with E-state index in [0.29, 0.717) is 62.5 Å². The molecule has 6 aromatic rings. The zero-order chi connectivity index (χ0) is 45.3. The quantitative estimate of drug-likeness (QED) is 0.0703. The topological polar surface area (TPSA) is 150 Å². The number of benzene rings is 2. The number of aromatic nitrogens is 6. The number of ether oxygens (including phenoxy) is 2. The predicted octanol–water partition coefficient (Wildman–Crippen LogP) is 7.34. The van der Waals surface area contributed by atoms with E-state index < -0.39 is 30.0 Å². The summed E-state index contributed by atoms with van der Waals surface area (Å²) in [6, 6.07) is 14.8. The fraction of sp³-hybridized carbons (Fsp3) is 0.395. The van der Waals surface area contributed by atoms with E-state index in [1.807, 2.05) is 46.5 Å². The van der Waals surface area contributed by atoms with Gasteiger partial charge in [0, 0.05) is 76.6 Å². The Labute approximate surface area is 376 Å². The van der Waals surface area contributed by atoms with E-state index in [1.165, 1.54) is 32.1 Å². The second-order valence-corrected chi connectivity index (χ2v) is 35.0. The van der Waals surface area contributed by atoms with E-state index in [-0.39, 0.29) is 49.1 Å². The minimum absolute atomic E-state index is 0.151. The van der Waals surface area contributed by atoms with Gasteiger partial charge in [0.1, 0.15) is 11.0 Å². The van der Waals surface area contributed by atoms with Gasteiger partial charge in [0.2, 0.25) is 0 Å². The average molecular weight is 1050 g/mol. The number of hydrogen-bond acceptors (Lipinski definition) is 8. The molecule has 0 saturated heterocycles. The summed E-state index contributed by atoms with van der Waals surface area (Å²) >= 11 is 14.2. The van der Waals surface area contributed by atoms with Crippen molar-refractivity contribution in [1.82, 2.24) is 27.4 Å². The Hall–Kier alpha value is -4.32. The summed E-state index contributed by atoms with van der Waals surface area (Å²) in [5, 5.41) is 1.29. The van der Waals surface area contributed by atoms with Crippen LogP contribution in [-0.2, 0) is 59.3 Å². The Kier molecular flexibility index (Phi) is 17.5. The normalized spacial score (nSPS) is 11.2. The molecule has 0 atom stereocenters. The molecule has 328 valence electrons. The Balaban J connectivity index is 0.000000242. The van der Waals surface area contributed by atoms with Crippen LogP contribution >= 0.6 is 39.1 Å². The van der Waals surface area contributed by atoms with E-state index in [2.05, 4.69) is 35.7 Å². The first-order chi connectivity index (χ1) is 28.6. The number of carbonyl (C=O) groups is 2. The molecular formula is C43H53BrCl2N6O8Sn. The van der Waals surface area contributed by atoms with Crippen molar-refractivity contribution in [3.63, 3.8) is 0 Å². The maximum atomic E-state index is 13.1. The Morgan fingerprint density at radius 2 is 0.984 bits per heavy atom. The number of hydrogen-bond donors (Lipinski definition) is 0. The molecule has 0 fully saturated rings. The van der Waals surface area contributed by atoms with E-state index in [9.17, 15) is 28.8 Å². The molecule has 0 amide bonds. The van der Waals surface area contributed by atoms with Gasteiger partial charge in [-0.1, -0.05) is 47.5 Å². The van der Waals surface area contributed by atoms with Crippen LogP contribution in [0.25, 0.3) is 22.1 Å². The third kappa shape index (κ3) is 13.3. The van der Waals surface area contributed by atoms with Gasteiger partial charge in [-0.3, -0.25) is 37.4 Å². The van der Waals surface area contributed by atoms with Crippen molar-refractivity contribution in [3.8, 4) is 0 Å². The molecule has 0 bridgehead atoms. The summed E-state index contributed by atoms with van der Waals surface area (Å²) in [7, 11) is 3.29. The summed E-state index contributed by atoms with van der Waals surface area (Å²) < 4.78 is 19.4. The van der Waals surface area contributed by atoms with Crippen LogP contribution in [0, 0.1) is 6.92 Å². The van der Waals surface area contributed by atoms with E-state index in [1.54, 1.807) is 44.6 Å². The zero-order valence-electron chi connectivity index (χ0n) is 36.0. The van der Waals surface area contributed by atoms with Crippen molar-refractivity contribution in [2.45, 2.75) is 79.6 Å². The number of aryl methyl sites for hydroxylation is 3. The Morgan fingerprint density at radius 3 is 1.38 bits per heavy atom. The molecule has 14 nitrogen and oxygen atoms in total. The molecule has 0 aliphatic rings. The summed E-state index contributed by atoms with van der Waals surface area (Å²) in [5.74, 6) is -0.778. The number of halogens is 3. The van der Waals surface area contributed by atoms with Gasteiger partial charge in [-0.25, -0.2) is 9.59 Å². The van der Waals surface area contributed by atoms with E-state index >= 15 is 0 Å². The summed E-state index contributed by atoms with van der Waals surface area (Å²) in [4.78, 5) is 82.9. The van der Waals surface area contributed by atoms with Crippen LogP contribution in [0.4, 0.5) is 0 Å². The fourth-order valence-electron chi connectivity index (χ4n) is 6.46. The first-order valence-corrected chi connectivity index (χ1v) is 32.6. The second-order valence-electron chi connectivity index (χ2n) is 16.2. The number of carbonyl (C=O) groups excluding carboxylic acids is 2. The van der Waals surface area contributed by atoms with Crippen LogP contribution in [0.2, 0.25) is 29.8 Å². The first kappa shape index (κ1) is 49.3. The van der Waals surface area contributed by atoms with Crippen LogP contribution in [0.3, 0.4) is 0 Å². The molecule has 0 unspecified atom stereocenters. The fourth-order valence-corrected chi connectivity index (χ4v) is 7.41. The van der Waals surface area contributed by atoms with Crippen LogP contribution in [0.5, 0.6) is 0 Å². The molecule has 0 spiro atoms. The van der Waals surface area contributed by atoms with Gasteiger partial charge in [0.15, 0.2) is 0 Å². The van der Waals surface area contributed by atoms with Gasteiger partial charge in [-0.05, 0) is 76.7 Å². The second kappa shape index (κ2) is 21.7. The molecule has 0 N–H and O–H groups in total. The molecule has 0 radical (unpaired) electrons. The third-order valence-corrected chi connectivity index (χ3v) is 10.1. The van der Waals surface area contributed by atoms with Crippen LogP contribution < -0.4 is 22.5 Å². The molecule has 18 heteroatoms. The molecule has 0 aliphatic carbocycles. The standard InChI is InChI=1S/C20H22ClN3O4.C19H19BrClN3O4.4CH3.Sn/c1-13-11-23(12-15-5-7-16(21)8-6-15)18-17(13)22(3)20(27)24(19(18)26)9-4-10-28-14(2)25;1-12(25)28-9-3-8-24-18(26)17-16(22(2)19(24)27)15(20)11-23(17)10-13-4-6-14(21)7-5-13;;;;;/h5-8,11H,4,9-10,12H2,1-3H3;4-7,11H,3,8-10H2,1-2H3;4*1H3;. The molecule has 4 heterocycles. The molecule has 0 saturated carbocycles. The van der Waals surface area contributed by atoms with Gasteiger partial charge >= 0.3 is 61.5 Å². The van der Waals surface area contributed by atoms with Gasteiger partial charge in [-0.15, -0.1) is 0 Å². The van der Waals surface area contributed by atoms with Gasteiger partial charge in [-0.2, -0.15) is 0 Å². The Morgan fingerprint density at radius 1 is 0.623 bits per heavy atom. The monoisotopic (exact) mass is 1050 g/mol. The van der Waals surface area contributed by atoms with Gasteiger partial charge in [0.25, 0.3) is 11.1 Å². The molecule has 0 aliphatic heterocycles. The van der Waals surface area contributed by atoms with Crippen molar-refractivity contribution in [1.29, 1.82) is 0 Å². The Bertz CT molecular complexity index is 2570. The van der Waals surface area contributed by atoms with Crippen molar-refractivity contribution >= 4 is 91.5 Å². The molecule has 61 heavy (non-hydrogen) atoms. The average Bonchev–Trinajstić information content (AvgIpc) is 3.68. The summed E-state index contributed by atoms with van der Waals surface area (Å²) in [5.41, 5.74) is 3.38. The molecule has 2 aromatic carbocycles. The minimum atomic E-state index is -1.18. The predicted molar refractivity (Wildman–Crippen MR) is 248 cm³/mol. The van der Waals surface area contributed by atoms with Crippen LogP contribution in [0.1, 0.15) is 43.4 Å². The van der Waals surface area contributed by atoms with E-state index in [4.69, 9.17) is 32.7 Å². The SMILES string of the molecule is CC(=O)OCCCn1c(=O)c2c(c(Br)cn2Cc2ccc(Cl)cc2)n(C)c1=O.CC(=O)OCCCn1c(=O)c2c(c(C)cn2Cc2ccc(Cl)cc2)n(C)c1=O.[CH3][Sn]([CH3])([CH3])[CH3].